The van der Waals surface area contributed by atoms with Crippen molar-refractivity contribution in [2.75, 3.05) is 5.32 Å². The molecule has 0 radical (unpaired) electrons. The summed E-state index contributed by atoms with van der Waals surface area (Å²) in [6.07, 6.45) is 2.43. The number of rotatable bonds is 11. The standard InChI is InChI=1S/C26H32N6O5/c1-15(2)12-21(27)25(34)31-23(13-17-14-28-22-7-5-4-6-20(17)22)26(35)29-16(3)24(33)30-18-8-10-19(11-9-18)32(36)37/h4-11,14-16,21,23,28H,12-13,27H2,1-3H3,(H,29,35)(H,30,33)(H,31,34)/t16-,21-,23-/m0/s1. The lowest BCUT2D eigenvalue weighted by Crippen LogP contribution is -2.55. The number of nitro benzene ring substituents is 1. The summed E-state index contributed by atoms with van der Waals surface area (Å²) >= 11 is 0. The molecule has 3 aromatic rings. The van der Waals surface area contributed by atoms with Crippen LogP contribution in [0, 0.1) is 16.0 Å². The Morgan fingerprint density at radius 1 is 0.973 bits per heavy atom. The van der Waals surface area contributed by atoms with Crippen LogP contribution in [0.1, 0.15) is 32.8 Å². The van der Waals surface area contributed by atoms with Crippen LogP contribution in [0.25, 0.3) is 10.9 Å². The van der Waals surface area contributed by atoms with E-state index in [4.69, 9.17) is 5.73 Å². The Balaban J connectivity index is 1.72. The molecule has 0 saturated heterocycles. The predicted octanol–water partition coefficient (Wildman–Crippen LogP) is 2.62. The minimum absolute atomic E-state index is 0.106. The Bertz CT molecular complexity index is 1270. The minimum atomic E-state index is -0.973. The number of hydrogen-bond donors (Lipinski definition) is 5. The number of anilines is 1. The molecular formula is C26H32N6O5. The average molecular weight is 509 g/mol. The molecule has 1 aromatic heterocycles. The first-order valence-corrected chi connectivity index (χ1v) is 12.0. The van der Waals surface area contributed by atoms with Crippen LogP contribution >= 0.6 is 0 Å². The van der Waals surface area contributed by atoms with E-state index in [1.165, 1.54) is 31.2 Å². The molecule has 11 heteroatoms. The summed E-state index contributed by atoms with van der Waals surface area (Å²) in [6.45, 7) is 5.41. The number of carbonyl (C=O) groups is 3. The molecule has 11 nitrogen and oxygen atoms in total. The van der Waals surface area contributed by atoms with E-state index in [9.17, 15) is 24.5 Å². The van der Waals surface area contributed by atoms with Crippen LogP contribution < -0.4 is 21.7 Å². The molecule has 0 bridgehead atoms. The average Bonchev–Trinajstić information content (AvgIpc) is 3.26. The Morgan fingerprint density at radius 3 is 2.30 bits per heavy atom. The molecule has 0 unspecified atom stereocenters. The van der Waals surface area contributed by atoms with Gasteiger partial charge in [0.25, 0.3) is 5.69 Å². The maximum atomic E-state index is 13.2. The number of carbonyl (C=O) groups excluding carboxylic acids is 3. The van der Waals surface area contributed by atoms with Crippen LogP contribution in [0.15, 0.2) is 54.7 Å². The second-order valence-corrected chi connectivity index (χ2v) is 9.38. The van der Waals surface area contributed by atoms with Gasteiger partial charge < -0.3 is 26.7 Å². The monoisotopic (exact) mass is 508 g/mol. The number of amides is 3. The third kappa shape index (κ3) is 7.37. The number of nitro groups is 1. The Labute approximate surface area is 214 Å². The fraction of sp³-hybridized carbons (Fsp3) is 0.346. The van der Waals surface area contributed by atoms with Gasteiger partial charge in [0.05, 0.1) is 11.0 Å². The van der Waals surface area contributed by atoms with Crippen molar-refractivity contribution < 1.29 is 19.3 Å². The number of nitrogens with zero attached hydrogens (tertiary/aromatic N) is 1. The number of fused-ring (bicyclic) bond motifs is 1. The smallest absolute Gasteiger partial charge is 0.269 e. The molecule has 1 heterocycles. The molecule has 3 atom stereocenters. The maximum absolute atomic E-state index is 13.2. The Morgan fingerprint density at radius 2 is 1.65 bits per heavy atom. The molecule has 37 heavy (non-hydrogen) atoms. The van der Waals surface area contributed by atoms with Gasteiger partial charge in [0.15, 0.2) is 0 Å². The first kappa shape index (κ1) is 27.3. The van der Waals surface area contributed by atoms with E-state index in [2.05, 4.69) is 20.9 Å². The zero-order valence-electron chi connectivity index (χ0n) is 21.0. The van der Waals surface area contributed by atoms with Crippen molar-refractivity contribution >= 4 is 40.0 Å². The second-order valence-electron chi connectivity index (χ2n) is 9.38. The number of non-ortho nitro benzene ring substituents is 1. The summed E-state index contributed by atoms with van der Waals surface area (Å²) in [7, 11) is 0. The van der Waals surface area contributed by atoms with Gasteiger partial charge in [-0.25, -0.2) is 0 Å². The lowest BCUT2D eigenvalue weighted by molar-refractivity contribution is -0.384. The Hall–Kier alpha value is -4.25. The third-order valence-electron chi connectivity index (χ3n) is 5.89. The zero-order chi connectivity index (χ0) is 27.1. The molecular weight excluding hydrogens is 476 g/mol. The highest BCUT2D eigenvalue weighted by molar-refractivity contribution is 5.98. The van der Waals surface area contributed by atoms with Crippen LogP contribution in [0.3, 0.4) is 0 Å². The van der Waals surface area contributed by atoms with Crippen LogP contribution in [0.5, 0.6) is 0 Å². The van der Waals surface area contributed by atoms with Gasteiger partial charge in [-0.05, 0) is 43.0 Å². The van der Waals surface area contributed by atoms with Crippen LogP contribution in [0.4, 0.5) is 11.4 Å². The normalized spacial score (nSPS) is 13.5. The molecule has 0 aliphatic heterocycles. The first-order chi connectivity index (χ1) is 17.5. The van der Waals surface area contributed by atoms with Gasteiger partial charge >= 0.3 is 0 Å². The fourth-order valence-corrected chi connectivity index (χ4v) is 3.92. The summed E-state index contributed by atoms with van der Waals surface area (Å²) in [4.78, 5) is 52.1. The summed E-state index contributed by atoms with van der Waals surface area (Å²) in [5.41, 5.74) is 8.01. The molecule has 6 N–H and O–H groups in total. The molecule has 2 aromatic carbocycles. The summed E-state index contributed by atoms with van der Waals surface area (Å²) in [5, 5.41) is 19.8. The van der Waals surface area contributed by atoms with Crippen molar-refractivity contribution in [1.82, 2.24) is 15.6 Å². The van der Waals surface area contributed by atoms with E-state index in [1.54, 1.807) is 6.20 Å². The quantitative estimate of drug-likeness (QED) is 0.197. The summed E-state index contributed by atoms with van der Waals surface area (Å²) in [6, 6.07) is 10.3. The number of para-hydroxylation sites is 1. The van der Waals surface area contributed by atoms with Crippen molar-refractivity contribution in [1.29, 1.82) is 0 Å². The lowest BCUT2D eigenvalue weighted by Gasteiger charge is -2.23. The third-order valence-corrected chi connectivity index (χ3v) is 5.89. The van der Waals surface area contributed by atoms with E-state index in [0.29, 0.717) is 12.1 Å². The van der Waals surface area contributed by atoms with Crippen molar-refractivity contribution in [3.05, 3.63) is 70.4 Å². The molecule has 3 amide bonds. The summed E-state index contributed by atoms with van der Waals surface area (Å²) in [5.74, 6) is -1.31. The molecule has 0 spiro atoms. The van der Waals surface area contributed by atoms with Gasteiger partial charge in [-0.1, -0.05) is 32.0 Å². The maximum Gasteiger partial charge on any atom is 0.269 e. The van der Waals surface area contributed by atoms with Crippen molar-refractivity contribution in [2.45, 2.75) is 51.7 Å². The van der Waals surface area contributed by atoms with E-state index in [1.807, 2.05) is 38.1 Å². The number of benzene rings is 2. The van der Waals surface area contributed by atoms with Crippen LogP contribution in [0.2, 0.25) is 0 Å². The van der Waals surface area contributed by atoms with Gasteiger partial charge in [0.1, 0.15) is 12.1 Å². The first-order valence-electron chi connectivity index (χ1n) is 12.0. The van der Waals surface area contributed by atoms with Crippen molar-refractivity contribution in [3.8, 4) is 0 Å². The van der Waals surface area contributed by atoms with Gasteiger partial charge in [-0.15, -0.1) is 0 Å². The van der Waals surface area contributed by atoms with Gasteiger partial charge in [-0.3, -0.25) is 24.5 Å². The molecule has 196 valence electrons. The highest BCUT2D eigenvalue weighted by Crippen LogP contribution is 2.20. The number of H-pyrrole nitrogens is 1. The predicted molar refractivity (Wildman–Crippen MR) is 141 cm³/mol. The number of aromatic nitrogens is 1. The highest BCUT2D eigenvalue weighted by atomic mass is 16.6. The van der Waals surface area contributed by atoms with E-state index >= 15 is 0 Å². The zero-order valence-corrected chi connectivity index (χ0v) is 21.0. The topological polar surface area (TPSA) is 172 Å². The largest absolute Gasteiger partial charge is 0.361 e. The molecule has 0 saturated carbocycles. The SMILES string of the molecule is CC(C)C[C@H](N)C(=O)N[C@@H](Cc1c[nH]c2ccccc12)C(=O)N[C@@H](C)C(=O)Nc1ccc([N+](=O)[O-])cc1. The number of nitrogens with two attached hydrogens (primary N) is 1. The number of hydrogen-bond acceptors (Lipinski definition) is 6. The number of nitrogens with one attached hydrogen (secondary N) is 4. The van der Waals surface area contributed by atoms with E-state index in [-0.39, 0.29) is 18.0 Å². The Kier molecular flexibility index (Phi) is 8.96. The lowest BCUT2D eigenvalue weighted by atomic mass is 10.0. The fourth-order valence-electron chi connectivity index (χ4n) is 3.92. The van der Waals surface area contributed by atoms with Crippen LogP contribution in [-0.2, 0) is 20.8 Å². The summed E-state index contributed by atoms with van der Waals surface area (Å²) < 4.78 is 0. The van der Waals surface area contributed by atoms with Gasteiger partial charge in [0.2, 0.25) is 17.7 Å². The van der Waals surface area contributed by atoms with Gasteiger partial charge in [-0.2, -0.15) is 0 Å². The van der Waals surface area contributed by atoms with Crippen LogP contribution in [-0.4, -0.2) is 45.8 Å². The van der Waals surface area contributed by atoms with E-state index in [0.717, 1.165) is 16.5 Å². The molecule has 0 aliphatic carbocycles. The molecule has 0 fully saturated rings. The number of aromatic amines is 1. The van der Waals surface area contributed by atoms with Crippen molar-refractivity contribution in [2.24, 2.45) is 11.7 Å². The molecule has 3 rings (SSSR count). The van der Waals surface area contributed by atoms with E-state index < -0.39 is 40.8 Å². The van der Waals surface area contributed by atoms with Gasteiger partial charge in [0, 0.05) is 41.3 Å². The minimum Gasteiger partial charge on any atom is -0.361 e. The second kappa shape index (κ2) is 12.1. The van der Waals surface area contributed by atoms with Crippen molar-refractivity contribution in [3.63, 3.8) is 0 Å². The molecule has 0 aliphatic rings. The highest BCUT2D eigenvalue weighted by Gasteiger charge is 2.28.